The summed E-state index contributed by atoms with van der Waals surface area (Å²) in [4.78, 5) is 17.1. The number of anilines is 2. The maximum absolute atomic E-state index is 12.5. The molecule has 0 bridgehead atoms. The predicted molar refractivity (Wildman–Crippen MR) is 124 cm³/mol. The zero-order valence-corrected chi connectivity index (χ0v) is 18.1. The highest BCUT2D eigenvalue weighted by molar-refractivity contribution is 5.92. The summed E-state index contributed by atoms with van der Waals surface area (Å²) in [6.45, 7) is 5.77. The van der Waals surface area contributed by atoms with E-state index in [0.717, 1.165) is 64.3 Å². The molecule has 2 aliphatic heterocycles. The van der Waals surface area contributed by atoms with E-state index in [2.05, 4.69) is 27.2 Å². The summed E-state index contributed by atoms with van der Waals surface area (Å²) in [5.74, 6) is 1.09. The van der Waals surface area contributed by atoms with Crippen LogP contribution in [0.1, 0.15) is 24.8 Å². The molecule has 2 fully saturated rings. The lowest BCUT2D eigenvalue weighted by Crippen LogP contribution is -2.39. The topological polar surface area (TPSA) is 65.0 Å². The average molecular weight is 424 g/mol. The number of benzene rings is 2. The monoisotopic (exact) mass is 423 g/mol. The first-order chi connectivity index (χ1) is 15.2. The van der Waals surface area contributed by atoms with Crippen LogP contribution in [0.3, 0.4) is 0 Å². The summed E-state index contributed by atoms with van der Waals surface area (Å²) in [6.07, 6.45) is 4.49. The van der Waals surface area contributed by atoms with Crippen molar-refractivity contribution in [2.45, 2.75) is 25.7 Å². The van der Waals surface area contributed by atoms with Gasteiger partial charge in [-0.25, -0.2) is 0 Å². The minimum atomic E-state index is 0.0571. The highest BCUT2D eigenvalue weighted by Gasteiger charge is 2.21. The third-order valence-corrected chi connectivity index (χ3v) is 6.38. The molecule has 2 aromatic rings. The molecule has 0 spiro atoms. The normalized spacial score (nSPS) is 18.1. The van der Waals surface area contributed by atoms with Crippen molar-refractivity contribution in [3.05, 3.63) is 54.1 Å². The lowest BCUT2D eigenvalue weighted by Gasteiger charge is -2.31. The number of morpholine rings is 1. The van der Waals surface area contributed by atoms with E-state index in [1.165, 1.54) is 17.7 Å². The van der Waals surface area contributed by atoms with Gasteiger partial charge in [-0.15, -0.1) is 0 Å². The number of amides is 1. The van der Waals surface area contributed by atoms with Crippen molar-refractivity contribution in [1.29, 1.82) is 0 Å². The van der Waals surface area contributed by atoms with Crippen molar-refractivity contribution in [2.75, 3.05) is 56.2 Å². The van der Waals surface area contributed by atoms with E-state index in [1.54, 1.807) is 12.1 Å². The molecule has 0 saturated carbocycles. The van der Waals surface area contributed by atoms with E-state index < -0.39 is 0 Å². The van der Waals surface area contributed by atoms with E-state index >= 15 is 0 Å². The largest absolute Gasteiger partial charge is 0.508 e. The van der Waals surface area contributed by atoms with Gasteiger partial charge >= 0.3 is 0 Å². The van der Waals surface area contributed by atoms with E-state index in [4.69, 9.17) is 4.74 Å². The van der Waals surface area contributed by atoms with Gasteiger partial charge in [0.2, 0.25) is 5.91 Å². The number of hydrogen-bond donors (Lipinski definition) is 2. The van der Waals surface area contributed by atoms with Gasteiger partial charge in [-0.05, 0) is 86.7 Å². The molecule has 0 aromatic heterocycles. The van der Waals surface area contributed by atoms with Crippen molar-refractivity contribution in [3.8, 4) is 5.75 Å². The molecule has 2 saturated heterocycles. The first kappa shape index (κ1) is 21.7. The van der Waals surface area contributed by atoms with E-state index in [1.807, 2.05) is 24.3 Å². The summed E-state index contributed by atoms with van der Waals surface area (Å²) in [6, 6.07) is 15.6. The number of rotatable bonds is 7. The Morgan fingerprint density at radius 2 is 1.65 bits per heavy atom. The molecule has 2 aromatic carbocycles. The highest BCUT2D eigenvalue weighted by Crippen LogP contribution is 2.23. The molecule has 0 aliphatic carbocycles. The molecule has 31 heavy (non-hydrogen) atoms. The van der Waals surface area contributed by atoms with Gasteiger partial charge in [-0.3, -0.25) is 9.69 Å². The van der Waals surface area contributed by atoms with Gasteiger partial charge in [-0.2, -0.15) is 0 Å². The van der Waals surface area contributed by atoms with E-state index in [9.17, 15) is 9.90 Å². The number of aryl methyl sites for hydroxylation is 1. The molecule has 0 atom stereocenters. The number of phenols is 1. The standard InChI is InChI=1S/C25H33N3O3/c29-24-9-3-20(4-10-24)1-2-21-11-13-27(14-12-21)19-25(30)26-22-5-7-23(8-6-22)28-15-17-31-18-16-28/h3-10,21,29H,1-2,11-19H2,(H,26,30). The quantitative estimate of drug-likeness (QED) is 0.714. The minimum absolute atomic E-state index is 0.0571. The Bertz CT molecular complexity index is 824. The van der Waals surface area contributed by atoms with Crippen LogP contribution >= 0.6 is 0 Å². The number of aromatic hydroxyl groups is 1. The van der Waals surface area contributed by atoms with Crippen LogP contribution in [0.25, 0.3) is 0 Å². The van der Waals surface area contributed by atoms with Crippen molar-refractivity contribution < 1.29 is 14.6 Å². The number of nitrogens with one attached hydrogen (secondary N) is 1. The molecule has 166 valence electrons. The summed E-state index contributed by atoms with van der Waals surface area (Å²) in [5.41, 5.74) is 3.31. The second kappa shape index (κ2) is 10.6. The van der Waals surface area contributed by atoms with Crippen LogP contribution in [-0.4, -0.2) is 61.9 Å². The predicted octanol–water partition coefficient (Wildman–Crippen LogP) is 3.51. The lowest BCUT2D eigenvalue weighted by molar-refractivity contribution is -0.117. The van der Waals surface area contributed by atoms with Gasteiger partial charge in [0.15, 0.2) is 0 Å². The first-order valence-electron chi connectivity index (χ1n) is 11.4. The Morgan fingerprint density at radius 3 is 2.32 bits per heavy atom. The van der Waals surface area contributed by atoms with Crippen molar-refractivity contribution in [2.24, 2.45) is 5.92 Å². The second-order valence-electron chi connectivity index (χ2n) is 8.62. The highest BCUT2D eigenvalue weighted by atomic mass is 16.5. The van der Waals surface area contributed by atoms with Crippen LogP contribution in [0.15, 0.2) is 48.5 Å². The van der Waals surface area contributed by atoms with Crippen molar-refractivity contribution in [3.63, 3.8) is 0 Å². The smallest absolute Gasteiger partial charge is 0.238 e. The summed E-state index contributed by atoms with van der Waals surface area (Å²) < 4.78 is 5.40. The zero-order valence-electron chi connectivity index (χ0n) is 18.1. The van der Waals surface area contributed by atoms with Gasteiger partial charge < -0.3 is 20.1 Å². The molecule has 6 heteroatoms. The number of phenolic OH excluding ortho intramolecular Hbond substituents is 1. The Balaban J connectivity index is 1.16. The van der Waals surface area contributed by atoms with Crippen molar-refractivity contribution in [1.82, 2.24) is 4.90 Å². The number of hydrogen-bond acceptors (Lipinski definition) is 5. The summed E-state index contributed by atoms with van der Waals surface area (Å²) in [5, 5.41) is 12.4. The van der Waals surface area contributed by atoms with Gasteiger partial charge in [0.05, 0.1) is 19.8 Å². The average Bonchev–Trinajstić information content (AvgIpc) is 2.81. The Labute approximate surface area is 184 Å². The van der Waals surface area contributed by atoms with Crippen LogP contribution in [-0.2, 0) is 16.0 Å². The number of carbonyl (C=O) groups is 1. The fraction of sp³-hybridized carbons (Fsp3) is 0.480. The SMILES string of the molecule is O=C(CN1CCC(CCc2ccc(O)cc2)CC1)Nc1ccc(N2CCOCC2)cc1. The van der Waals surface area contributed by atoms with Gasteiger partial charge in [-0.1, -0.05) is 12.1 Å². The number of carbonyl (C=O) groups excluding carboxylic acids is 1. The molecular weight excluding hydrogens is 390 g/mol. The lowest BCUT2D eigenvalue weighted by atomic mass is 9.90. The zero-order chi connectivity index (χ0) is 21.5. The molecule has 0 radical (unpaired) electrons. The van der Waals surface area contributed by atoms with Crippen LogP contribution < -0.4 is 10.2 Å². The van der Waals surface area contributed by atoms with Crippen LogP contribution in [0.2, 0.25) is 0 Å². The Kier molecular flexibility index (Phi) is 7.43. The van der Waals surface area contributed by atoms with Crippen LogP contribution in [0, 0.1) is 5.92 Å². The van der Waals surface area contributed by atoms with Gasteiger partial charge in [0, 0.05) is 24.5 Å². The van der Waals surface area contributed by atoms with E-state index in [0.29, 0.717) is 18.2 Å². The number of likely N-dealkylation sites (tertiary alicyclic amines) is 1. The first-order valence-corrected chi connectivity index (χ1v) is 11.4. The van der Waals surface area contributed by atoms with Gasteiger partial charge in [0.25, 0.3) is 0 Å². The number of ether oxygens (including phenoxy) is 1. The second-order valence-corrected chi connectivity index (χ2v) is 8.62. The maximum atomic E-state index is 12.5. The minimum Gasteiger partial charge on any atom is -0.508 e. The third-order valence-electron chi connectivity index (χ3n) is 6.38. The molecule has 4 rings (SSSR count). The molecule has 1 amide bonds. The van der Waals surface area contributed by atoms with Crippen LogP contribution in [0.4, 0.5) is 11.4 Å². The van der Waals surface area contributed by atoms with Gasteiger partial charge in [0.1, 0.15) is 5.75 Å². The Morgan fingerprint density at radius 1 is 0.968 bits per heavy atom. The van der Waals surface area contributed by atoms with Crippen molar-refractivity contribution >= 4 is 17.3 Å². The molecule has 6 nitrogen and oxygen atoms in total. The molecule has 2 N–H and O–H groups in total. The van der Waals surface area contributed by atoms with E-state index in [-0.39, 0.29) is 5.91 Å². The molecule has 2 heterocycles. The summed E-state index contributed by atoms with van der Waals surface area (Å²) in [7, 11) is 0. The fourth-order valence-corrected chi connectivity index (χ4v) is 4.45. The van der Waals surface area contributed by atoms with Crippen LogP contribution in [0.5, 0.6) is 5.75 Å². The molecular formula is C25H33N3O3. The maximum Gasteiger partial charge on any atom is 0.238 e. The fourth-order valence-electron chi connectivity index (χ4n) is 4.45. The summed E-state index contributed by atoms with van der Waals surface area (Å²) >= 11 is 0. The molecule has 2 aliphatic rings. The molecule has 0 unspecified atom stereocenters. The third kappa shape index (κ3) is 6.45. The number of piperidine rings is 1. The number of nitrogens with zero attached hydrogens (tertiary/aromatic N) is 2. The Hall–Kier alpha value is -2.57.